The van der Waals surface area contributed by atoms with Gasteiger partial charge in [0.15, 0.2) is 0 Å². The first-order valence-electron chi connectivity index (χ1n) is 5.23. The molecular weight excluding hydrogens is 228 g/mol. The number of carbonyl (C=O) groups is 1. The highest BCUT2D eigenvalue weighted by Crippen LogP contribution is 2.39. The summed E-state index contributed by atoms with van der Waals surface area (Å²) < 4.78 is 5.13. The van der Waals surface area contributed by atoms with E-state index in [0.717, 1.165) is 24.0 Å². The maximum Gasteiger partial charge on any atom is 0.310 e. The lowest BCUT2D eigenvalue weighted by molar-refractivity contribution is -0.139. The number of carboxylic acids is 1. The molecule has 86 valence electrons. The van der Waals surface area contributed by atoms with Crippen LogP contribution in [0.2, 0.25) is 5.02 Å². The number of hydrogen-bond donors (Lipinski definition) is 1. The van der Waals surface area contributed by atoms with Crippen molar-refractivity contribution in [3.05, 3.63) is 28.3 Å². The Labute approximate surface area is 99.0 Å². The normalized spacial score (nSPS) is 19.0. The Morgan fingerprint density at radius 1 is 1.56 bits per heavy atom. The molecule has 1 unspecified atom stereocenters. The minimum atomic E-state index is -0.776. The van der Waals surface area contributed by atoms with Crippen LogP contribution < -0.4 is 4.74 Å². The molecule has 1 aromatic carbocycles. The summed E-state index contributed by atoms with van der Waals surface area (Å²) in [5, 5.41) is 9.69. The molecule has 1 aromatic rings. The Morgan fingerprint density at radius 3 is 2.94 bits per heavy atom. The van der Waals surface area contributed by atoms with E-state index < -0.39 is 11.9 Å². The molecular formula is C12H13ClO3. The number of carboxylic acid groups (broad SMARTS) is 1. The topological polar surface area (TPSA) is 46.5 Å². The third-order valence-electron chi connectivity index (χ3n) is 3.06. The van der Waals surface area contributed by atoms with Crippen molar-refractivity contribution in [3.8, 4) is 5.75 Å². The van der Waals surface area contributed by atoms with E-state index >= 15 is 0 Å². The highest BCUT2D eigenvalue weighted by Gasteiger charge is 2.28. The number of benzene rings is 1. The Kier molecular flexibility index (Phi) is 3.06. The van der Waals surface area contributed by atoms with Gasteiger partial charge in [-0.3, -0.25) is 4.79 Å². The molecule has 1 aliphatic rings. The molecule has 0 aliphatic heterocycles. The fourth-order valence-corrected chi connectivity index (χ4v) is 2.59. The predicted molar refractivity (Wildman–Crippen MR) is 61.3 cm³/mol. The van der Waals surface area contributed by atoms with Gasteiger partial charge in [-0.1, -0.05) is 17.7 Å². The van der Waals surface area contributed by atoms with Gasteiger partial charge in [0.25, 0.3) is 0 Å². The fraction of sp³-hybridized carbons (Fsp3) is 0.417. The van der Waals surface area contributed by atoms with Crippen LogP contribution in [0.5, 0.6) is 5.75 Å². The summed E-state index contributed by atoms with van der Waals surface area (Å²) >= 11 is 6.18. The minimum Gasteiger partial charge on any atom is -0.495 e. The average molecular weight is 241 g/mol. The first kappa shape index (κ1) is 11.3. The molecule has 1 aliphatic carbocycles. The number of aliphatic carboxylic acids is 1. The van der Waals surface area contributed by atoms with E-state index in [1.807, 2.05) is 6.07 Å². The predicted octanol–water partition coefficient (Wildman–Crippen LogP) is 2.85. The minimum absolute atomic E-state index is 0.424. The molecule has 4 heteroatoms. The molecule has 16 heavy (non-hydrogen) atoms. The molecule has 0 radical (unpaired) electrons. The van der Waals surface area contributed by atoms with Crippen LogP contribution in [0.4, 0.5) is 0 Å². The Bertz CT molecular complexity index is 429. The van der Waals surface area contributed by atoms with Gasteiger partial charge >= 0.3 is 5.97 Å². The van der Waals surface area contributed by atoms with Crippen LogP contribution in [-0.4, -0.2) is 18.2 Å². The monoisotopic (exact) mass is 240 g/mol. The highest BCUT2D eigenvalue weighted by molar-refractivity contribution is 6.33. The summed E-state index contributed by atoms with van der Waals surface area (Å²) in [6.45, 7) is 0. The van der Waals surface area contributed by atoms with Gasteiger partial charge in [-0.2, -0.15) is 0 Å². The van der Waals surface area contributed by atoms with Gasteiger partial charge in [0, 0.05) is 0 Å². The summed E-state index contributed by atoms with van der Waals surface area (Å²) in [5.74, 6) is -0.583. The van der Waals surface area contributed by atoms with Crippen molar-refractivity contribution in [3.63, 3.8) is 0 Å². The van der Waals surface area contributed by atoms with Gasteiger partial charge in [0.2, 0.25) is 0 Å². The van der Waals surface area contributed by atoms with Gasteiger partial charge in [-0.05, 0) is 36.5 Å². The summed E-state index contributed by atoms with van der Waals surface area (Å²) in [7, 11) is 1.56. The zero-order valence-corrected chi connectivity index (χ0v) is 9.75. The Morgan fingerprint density at radius 2 is 2.31 bits per heavy atom. The first-order valence-corrected chi connectivity index (χ1v) is 5.61. The molecule has 0 saturated heterocycles. The second-order valence-corrected chi connectivity index (χ2v) is 4.31. The average Bonchev–Trinajstić information content (AvgIpc) is 2.29. The van der Waals surface area contributed by atoms with Gasteiger partial charge in [-0.25, -0.2) is 0 Å². The summed E-state index contributed by atoms with van der Waals surface area (Å²) in [6, 6.07) is 3.56. The lowest BCUT2D eigenvalue weighted by atomic mass is 9.83. The zero-order chi connectivity index (χ0) is 11.7. The number of fused-ring (bicyclic) bond motifs is 1. The van der Waals surface area contributed by atoms with E-state index in [1.54, 1.807) is 13.2 Å². The summed E-state index contributed by atoms with van der Waals surface area (Å²) in [4.78, 5) is 11.1. The lowest BCUT2D eigenvalue weighted by Crippen LogP contribution is -2.18. The van der Waals surface area contributed by atoms with Gasteiger partial charge in [-0.15, -0.1) is 0 Å². The van der Waals surface area contributed by atoms with Gasteiger partial charge < -0.3 is 9.84 Å². The molecule has 0 fully saturated rings. The van der Waals surface area contributed by atoms with Crippen LogP contribution in [0.15, 0.2) is 12.1 Å². The van der Waals surface area contributed by atoms with Crippen LogP contribution in [0.25, 0.3) is 0 Å². The lowest BCUT2D eigenvalue weighted by Gasteiger charge is -2.24. The number of hydrogen-bond acceptors (Lipinski definition) is 2. The Hall–Kier alpha value is -1.22. The SMILES string of the molecule is COc1ccc2c(c1Cl)CCCC2C(=O)O. The molecule has 2 rings (SSSR count). The van der Waals surface area contributed by atoms with Crippen LogP contribution in [0.1, 0.15) is 29.9 Å². The molecule has 0 saturated carbocycles. The van der Waals surface area contributed by atoms with Crippen LogP contribution in [-0.2, 0) is 11.2 Å². The summed E-state index contributed by atoms with van der Waals surface area (Å²) in [5.41, 5.74) is 1.77. The molecule has 0 spiro atoms. The van der Waals surface area contributed by atoms with Gasteiger partial charge in [0.05, 0.1) is 18.1 Å². The highest BCUT2D eigenvalue weighted by atomic mass is 35.5. The quantitative estimate of drug-likeness (QED) is 0.865. The fourth-order valence-electron chi connectivity index (χ4n) is 2.25. The number of halogens is 1. The van der Waals surface area contributed by atoms with Crippen molar-refractivity contribution in [1.82, 2.24) is 0 Å². The van der Waals surface area contributed by atoms with Crippen LogP contribution in [0.3, 0.4) is 0 Å². The van der Waals surface area contributed by atoms with Crippen molar-refractivity contribution in [2.75, 3.05) is 7.11 Å². The summed E-state index contributed by atoms with van der Waals surface area (Å²) in [6.07, 6.45) is 2.37. The van der Waals surface area contributed by atoms with E-state index in [4.69, 9.17) is 21.4 Å². The van der Waals surface area contributed by atoms with Crippen molar-refractivity contribution in [1.29, 1.82) is 0 Å². The maximum absolute atomic E-state index is 11.1. The van der Waals surface area contributed by atoms with Gasteiger partial charge in [0.1, 0.15) is 5.75 Å². The van der Waals surface area contributed by atoms with E-state index in [9.17, 15) is 4.79 Å². The van der Waals surface area contributed by atoms with E-state index in [1.165, 1.54) is 0 Å². The molecule has 0 bridgehead atoms. The molecule has 0 amide bonds. The molecule has 1 atom stereocenters. The van der Waals surface area contributed by atoms with E-state index in [-0.39, 0.29) is 0 Å². The smallest absolute Gasteiger partial charge is 0.310 e. The van der Waals surface area contributed by atoms with Crippen LogP contribution in [0, 0.1) is 0 Å². The Balaban J connectivity index is 2.51. The maximum atomic E-state index is 11.1. The van der Waals surface area contributed by atoms with Crippen molar-refractivity contribution < 1.29 is 14.6 Å². The molecule has 0 aromatic heterocycles. The molecule has 0 heterocycles. The van der Waals surface area contributed by atoms with Crippen molar-refractivity contribution in [2.45, 2.75) is 25.2 Å². The molecule has 1 N–H and O–H groups in total. The number of rotatable bonds is 2. The second-order valence-electron chi connectivity index (χ2n) is 3.93. The standard InChI is InChI=1S/C12H13ClO3/c1-16-10-6-5-7-8(11(10)13)3-2-4-9(7)12(14)15/h5-6,9H,2-4H2,1H3,(H,14,15). The molecule has 3 nitrogen and oxygen atoms in total. The largest absolute Gasteiger partial charge is 0.495 e. The number of ether oxygens (including phenoxy) is 1. The van der Waals surface area contributed by atoms with E-state index in [2.05, 4.69) is 0 Å². The third-order valence-corrected chi connectivity index (χ3v) is 3.47. The zero-order valence-electron chi connectivity index (χ0n) is 9.00. The van der Waals surface area contributed by atoms with Crippen molar-refractivity contribution in [2.24, 2.45) is 0 Å². The van der Waals surface area contributed by atoms with E-state index in [0.29, 0.717) is 17.2 Å². The second kappa shape index (κ2) is 4.34. The first-order chi connectivity index (χ1) is 7.65. The third kappa shape index (κ3) is 1.76. The van der Waals surface area contributed by atoms with Crippen LogP contribution >= 0.6 is 11.6 Å². The number of methoxy groups -OCH3 is 1. The van der Waals surface area contributed by atoms with Crippen molar-refractivity contribution >= 4 is 17.6 Å².